The molecule has 1 aliphatic heterocycles. The van der Waals surface area contributed by atoms with Crippen molar-refractivity contribution in [3.8, 4) is 17.2 Å². The van der Waals surface area contributed by atoms with Crippen LogP contribution in [0.4, 0.5) is 0 Å². The van der Waals surface area contributed by atoms with Gasteiger partial charge in [-0.3, -0.25) is 9.59 Å². The molecule has 0 bridgehead atoms. The second-order valence-corrected chi connectivity index (χ2v) is 9.43. The highest BCUT2D eigenvalue weighted by molar-refractivity contribution is 6.46. The molecular formula is C32H32N2O6. The average Bonchev–Trinajstić information content (AvgIpc) is 3.49. The summed E-state index contributed by atoms with van der Waals surface area (Å²) in [6, 6.07) is 19.1. The largest absolute Gasteiger partial charge is 0.507 e. The third-order valence-electron chi connectivity index (χ3n) is 7.08. The number of aliphatic hydroxyl groups excluding tert-OH is 1. The molecule has 8 nitrogen and oxygen atoms in total. The third-order valence-corrected chi connectivity index (χ3v) is 7.08. The highest BCUT2D eigenvalue weighted by Gasteiger charge is 2.45. The quantitative estimate of drug-likeness (QED) is 0.153. The molecule has 8 heteroatoms. The van der Waals surface area contributed by atoms with Crippen LogP contribution < -0.4 is 14.2 Å². The number of benzene rings is 3. The fourth-order valence-electron chi connectivity index (χ4n) is 5.13. The van der Waals surface area contributed by atoms with Gasteiger partial charge in [-0.15, -0.1) is 0 Å². The first-order valence-corrected chi connectivity index (χ1v) is 13.3. The van der Waals surface area contributed by atoms with E-state index in [-0.39, 0.29) is 17.9 Å². The zero-order chi connectivity index (χ0) is 28.2. The molecule has 4 aromatic rings. The van der Waals surface area contributed by atoms with Gasteiger partial charge in [0.05, 0.1) is 31.9 Å². The average molecular weight is 541 g/mol. The fraction of sp³-hybridized carbons (Fsp3) is 0.250. The number of rotatable bonds is 10. The summed E-state index contributed by atoms with van der Waals surface area (Å²) in [4.78, 5) is 31.7. The lowest BCUT2D eigenvalue weighted by Gasteiger charge is -2.25. The molecule has 1 aliphatic rings. The van der Waals surface area contributed by atoms with Gasteiger partial charge in [0.15, 0.2) is 0 Å². The number of aromatic amines is 1. The van der Waals surface area contributed by atoms with Crippen LogP contribution in [0.1, 0.15) is 36.6 Å². The minimum absolute atomic E-state index is 0.0546. The summed E-state index contributed by atoms with van der Waals surface area (Å²) in [7, 11) is 1.62. The van der Waals surface area contributed by atoms with E-state index in [2.05, 4.69) is 4.98 Å². The Morgan fingerprint density at radius 2 is 1.52 bits per heavy atom. The van der Waals surface area contributed by atoms with Crippen LogP contribution in [0, 0.1) is 0 Å². The Morgan fingerprint density at radius 1 is 0.900 bits per heavy atom. The number of H-pyrrole nitrogens is 1. The van der Waals surface area contributed by atoms with Crippen LogP contribution in [0.3, 0.4) is 0 Å². The maximum Gasteiger partial charge on any atom is 0.295 e. The molecule has 0 unspecified atom stereocenters. The van der Waals surface area contributed by atoms with Gasteiger partial charge >= 0.3 is 0 Å². The molecule has 1 fully saturated rings. The minimum atomic E-state index is -0.762. The lowest BCUT2D eigenvalue weighted by Crippen LogP contribution is -2.31. The number of ketones is 1. The molecule has 2 N–H and O–H groups in total. The first-order chi connectivity index (χ1) is 19.4. The van der Waals surface area contributed by atoms with Gasteiger partial charge in [0.25, 0.3) is 11.7 Å². The molecule has 40 heavy (non-hydrogen) atoms. The molecule has 1 atom stereocenters. The van der Waals surface area contributed by atoms with Crippen molar-refractivity contribution in [2.24, 2.45) is 0 Å². The highest BCUT2D eigenvalue weighted by Crippen LogP contribution is 2.40. The summed E-state index contributed by atoms with van der Waals surface area (Å²) in [5, 5.41) is 12.4. The first kappa shape index (κ1) is 26.9. The van der Waals surface area contributed by atoms with E-state index in [4.69, 9.17) is 14.2 Å². The molecule has 206 valence electrons. The Morgan fingerprint density at radius 3 is 2.15 bits per heavy atom. The van der Waals surface area contributed by atoms with E-state index in [1.54, 1.807) is 31.4 Å². The van der Waals surface area contributed by atoms with Crippen LogP contribution >= 0.6 is 0 Å². The normalized spacial score (nSPS) is 16.5. The molecular weight excluding hydrogens is 508 g/mol. The number of carbonyl (C=O) groups excluding carboxylic acids is 2. The van der Waals surface area contributed by atoms with E-state index in [0.717, 1.165) is 22.2 Å². The number of amides is 1. The third kappa shape index (κ3) is 5.12. The molecule has 5 rings (SSSR count). The second kappa shape index (κ2) is 11.6. The van der Waals surface area contributed by atoms with Crippen molar-refractivity contribution < 1.29 is 28.9 Å². The number of methoxy groups -OCH3 is 1. The monoisotopic (exact) mass is 540 g/mol. The van der Waals surface area contributed by atoms with E-state index < -0.39 is 17.7 Å². The number of aromatic nitrogens is 1. The number of nitrogens with zero attached hydrogens (tertiary/aromatic N) is 1. The molecule has 3 aromatic carbocycles. The predicted octanol–water partition coefficient (Wildman–Crippen LogP) is 5.64. The molecule has 0 aliphatic carbocycles. The van der Waals surface area contributed by atoms with Crippen LogP contribution in [0.2, 0.25) is 0 Å². The highest BCUT2D eigenvalue weighted by atomic mass is 16.5. The smallest absolute Gasteiger partial charge is 0.295 e. The molecule has 1 amide bonds. The Hall–Kier alpha value is -4.72. The van der Waals surface area contributed by atoms with Gasteiger partial charge in [0.1, 0.15) is 23.0 Å². The fourth-order valence-corrected chi connectivity index (χ4v) is 5.13. The molecule has 1 saturated heterocycles. The Bertz CT molecular complexity index is 1550. The number of nitrogens with one attached hydrogen (secondary N) is 1. The van der Waals surface area contributed by atoms with E-state index in [0.29, 0.717) is 42.3 Å². The summed E-state index contributed by atoms with van der Waals surface area (Å²) < 4.78 is 16.5. The first-order valence-electron chi connectivity index (χ1n) is 13.3. The Kier molecular flexibility index (Phi) is 7.77. The number of hydrogen-bond acceptors (Lipinski definition) is 6. The van der Waals surface area contributed by atoms with Crippen LogP contribution in [-0.4, -0.2) is 53.5 Å². The van der Waals surface area contributed by atoms with E-state index in [1.807, 2.05) is 62.5 Å². The van der Waals surface area contributed by atoms with Gasteiger partial charge in [-0.2, -0.15) is 0 Å². The topological polar surface area (TPSA) is 101 Å². The van der Waals surface area contributed by atoms with Crippen LogP contribution in [0.15, 0.2) is 78.5 Å². The van der Waals surface area contributed by atoms with Crippen molar-refractivity contribution in [2.75, 3.05) is 26.9 Å². The van der Waals surface area contributed by atoms with Crippen molar-refractivity contribution in [3.63, 3.8) is 0 Å². The van der Waals surface area contributed by atoms with Gasteiger partial charge in [-0.05, 0) is 86.0 Å². The van der Waals surface area contributed by atoms with E-state index in [9.17, 15) is 14.7 Å². The van der Waals surface area contributed by atoms with Crippen LogP contribution in [-0.2, 0) is 16.0 Å². The summed E-state index contributed by atoms with van der Waals surface area (Å²) >= 11 is 0. The Balaban J connectivity index is 1.53. The van der Waals surface area contributed by atoms with Crippen molar-refractivity contribution in [1.29, 1.82) is 0 Å². The van der Waals surface area contributed by atoms with Crippen molar-refractivity contribution >= 4 is 28.4 Å². The number of ether oxygens (including phenoxy) is 3. The summed E-state index contributed by atoms with van der Waals surface area (Å²) in [6.07, 6.45) is 2.41. The van der Waals surface area contributed by atoms with Crippen molar-refractivity contribution in [1.82, 2.24) is 9.88 Å². The lowest BCUT2D eigenvalue weighted by atomic mass is 9.95. The van der Waals surface area contributed by atoms with E-state index in [1.165, 1.54) is 4.90 Å². The zero-order valence-corrected chi connectivity index (χ0v) is 22.8. The number of aliphatic hydroxyl groups is 1. The maximum atomic E-state index is 13.4. The van der Waals surface area contributed by atoms with Crippen molar-refractivity contribution in [2.45, 2.75) is 26.3 Å². The maximum absolute atomic E-state index is 13.4. The molecule has 0 spiro atoms. The van der Waals surface area contributed by atoms with Gasteiger partial charge in [-0.25, -0.2) is 0 Å². The van der Waals surface area contributed by atoms with Gasteiger partial charge in [0, 0.05) is 29.2 Å². The molecule has 2 heterocycles. The van der Waals surface area contributed by atoms with Crippen LogP contribution in [0.5, 0.6) is 17.2 Å². The number of likely N-dealkylation sites (tertiary alicyclic amines) is 1. The lowest BCUT2D eigenvalue weighted by molar-refractivity contribution is -0.139. The predicted molar refractivity (Wildman–Crippen MR) is 153 cm³/mol. The summed E-state index contributed by atoms with van der Waals surface area (Å²) in [5.41, 5.74) is 3.14. The number of fused-ring (bicyclic) bond motifs is 1. The summed E-state index contributed by atoms with van der Waals surface area (Å²) in [5.74, 6) is 0.480. The SMILES string of the molecule is CCOc1ccc(C(O)=C2C(=O)C(=O)N(CCc3c[nH]c4ccc(OC)cc34)[C@@H]2c2ccc(OCC)cc2)cc1. The van der Waals surface area contributed by atoms with Gasteiger partial charge in [-0.1, -0.05) is 12.1 Å². The molecule has 0 radical (unpaired) electrons. The molecule has 1 aromatic heterocycles. The number of carbonyl (C=O) groups is 2. The Labute approximate surface area is 232 Å². The summed E-state index contributed by atoms with van der Waals surface area (Å²) in [6.45, 7) is 5.09. The van der Waals surface area contributed by atoms with Gasteiger partial charge < -0.3 is 29.2 Å². The number of hydrogen-bond donors (Lipinski definition) is 2. The standard InChI is InChI=1S/C32H32N2O6/c1-4-39-23-10-6-20(7-11-23)29-28(30(35)21-8-12-24(13-9-21)40-5-2)31(36)32(37)34(29)17-16-22-19-33-27-15-14-25(38-3)18-26(22)27/h6-15,18-19,29,33,35H,4-5,16-17H2,1-3H3/t29-/m1/s1. The second-order valence-electron chi connectivity index (χ2n) is 9.43. The van der Waals surface area contributed by atoms with Crippen LogP contribution in [0.25, 0.3) is 16.7 Å². The zero-order valence-electron chi connectivity index (χ0n) is 22.8. The van der Waals surface area contributed by atoms with Crippen molar-refractivity contribution in [3.05, 3.63) is 95.2 Å². The minimum Gasteiger partial charge on any atom is -0.507 e. The number of Topliss-reactive ketones (excluding diaryl/α,β-unsaturated/α-hetero) is 1. The van der Waals surface area contributed by atoms with E-state index >= 15 is 0 Å². The van der Waals surface area contributed by atoms with Gasteiger partial charge in [0.2, 0.25) is 0 Å². The molecule has 0 saturated carbocycles.